The maximum absolute atomic E-state index is 15.3. The zero-order valence-corrected chi connectivity index (χ0v) is 26.7. The van der Waals surface area contributed by atoms with Crippen molar-refractivity contribution in [1.82, 2.24) is 4.98 Å². The molecule has 3 aromatic carbocycles. The van der Waals surface area contributed by atoms with Gasteiger partial charge in [0.2, 0.25) is 0 Å². The Kier molecular flexibility index (Phi) is 5.94. The molecule has 7 rings (SSSR count). The molecule has 3 nitrogen and oxygen atoms in total. The largest absolute Gasteiger partial charge is 0.417 e. The monoisotopic (exact) mass is 602 g/mol. The van der Waals surface area contributed by atoms with Crippen molar-refractivity contribution in [2.75, 3.05) is 18.0 Å². The van der Waals surface area contributed by atoms with Gasteiger partial charge in [0.1, 0.15) is 5.01 Å². The standard InChI is InChI=1S/C36H37F3N2OS/c1-33(2,3)20-9-10-21-19(16-20)8-11-25-31(21)43-32(40-25)27-26(42)18-23-22(28(27)36(37,38)39)17-24-30-29(23)35(6,7)13-15-41(30)14-12-34(24,4)5/h8-11,16-17H,12-15,18H2,1-7H3. The number of ketones is 1. The number of hydrogen-bond acceptors (Lipinski definition) is 4. The second-order valence-corrected chi connectivity index (χ2v) is 15.9. The highest BCUT2D eigenvalue weighted by atomic mass is 32.1. The lowest BCUT2D eigenvalue weighted by Gasteiger charge is -2.50. The Morgan fingerprint density at radius 1 is 0.930 bits per heavy atom. The quantitative estimate of drug-likeness (QED) is 0.218. The predicted octanol–water partition coefficient (Wildman–Crippen LogP) is 9.51. The number of benzene rings is 3. The normalized spacial score (nSPS) is 19.7. The van der Waals surface area contributed by atoms with Gasteiger partial charge in [-0.05, 0) is 74.4 Å². The average Bonchev–Trinajstić information content (AvgIpc) is 3.33. The van der Waals surface area contributed by atoms with Gasteiger partial charge in [-0.15, -0.1) is 11.3 Å². The fraction of sp³-hybridized carbons (Fsp3) is 0.444. The van der Waals surface area contributed by atoms with E-state index in [1.165, 1.54) is 16.9 Å². The van der Waals surface area contributed by atoms with Crippen molar-refractivity contribution in [3.05, 3.63) is 69.2 Å². The third kappa shape index (κ3) is 4.28. The number of thiazole rings is 1. The minimum absolute atomic E-state index is 0.0327. The van der Waals surface area contributed by atoms with E-state index in [9.17, 15) is 4.79 Å². The molecule has 0 fully saturated rings. The molecular weight excluding hydrogens is 565 g/mol. The minimum Gasteiger partial charge on any atom is -0.371 e. The molecule has 1 aromatic heterocycles. The Morgan fingerprint density at radius 2 is 1.63 bits per heavy atom. The lowest BCUT2D eigenvalue weighted by atomic mass is 9.65. The van der Waals surface area contributed by atoms with E-state index in [0.717, 1.165) is 58.2 Å². The van der Waals surface area contributed by atoms with Gasteiger partial charge in [-0.2, -0.15) is 13.2 Å². The SMILES string of the molecule is CC(C)(C)c1ccc2c(ccc3nc(C4=C(C(F)(F)F)c5cc6c7c(c5CC4=O)C(C)(C)CCN7CCC6(C)C)sc32)c1. The van der Waals surface area contributed by atoms with Crippen LogP contribution in [0.2, 0.25) is 0 Å². The lowest BCUT2D eigenvalue weighted by molar-refractivity contribution is -0.113. The summed E-state index contributed by atoms with van der Waals surface area (Å²) < 4.78 is 46.7. The van der Waals surface area contributed by atoms with E-state index in [0.29, 0.717) is 11.1 Å². The van der Waals surface area contributed by atoms with E-state index in [1.54, 1.807) is 6.07 Å². The van der Waals surface area contributed by atoms with E-state index < -0.39 is 17.5 Å². The molecule has 0 amide bonds. The summed E-state index contributed by atoms with van der Waals surface area (Å²) in [5.74, 6) is -0.502. The molecule has 0 unspecified atom stereocenters. The van der Waals surface area contributed by atoms with Crippen molar-refractivity contribution < 1.29 is 18.0 Å². The van der Waals surface area contributed by atoms with Crippen LogP contribution in [0.5, 0.6) is 0 Å². The molecule has 0 atom stereocenters. The molecule has 2 aliphatic heterocycles. The Hall–Kier alpha value is -3.19. The maximum Gasteiger partial charge on any atom is 0.417 e. The van der Waals surface area contributed by atoms with Crippen molar-refractivity contribution in [3.63, 3.8) is 0 Å². The van der Waals surface area contributed by atoms with Gasteiger partial charge in [0.05, 0.1) is 21.4 Å². The van der Waals surface area contributed by atoms with Crippen molar-refractivity contribution in [2.24, 2.45) is 0 Å². The summed E-state index contributed by atoms with van der Waals surface area (Å²) in [5, 5.41) is 2.10. The number of carbonyl (C=O) groups excluding carboxylic acids is 1. The first kappa shape index (κ1) is 28.6. The molecule has 43 heavy (non-hydrogen) atoms. The number of aromatic nitrogens is 1. The van der Waals surface area contributed by atoms with Gasteiger partial charge in [-0.3, -0.25) is 4.79 Å². The Balaban J connectivity index is 1.51. The third-order valence-corrected chi connectivity index (χ3v) is 11.1. The smallest absolute Gasteiger partial charge is 0.371 e. The van der Waals surface area contributed by atoms with Crippen LogP contribution >= 0.6 is 11.3 Å². The molecule has 224 valence electrons. The van der Waals surface area contributed by atoms with Crippen LogP contribution in [0.3, 0.4) is 0 Å². The van der Waals surface area contributed by atoms with E-state index in [4.69, 9.17) is 0 Å². The Bertz CT molecular complexity index is 1900. The minimum atomic E-state index is -4.72. The van der Waals surface area contributed by atoms with E-state index in [2.05, 4.69) is 70.5 Å². The first-order valence-corrected chi connectivity index (χ1v) is 15.9. The summed E-state index contributed by atoms with van der Waals surface area (Å²) in [4.78, 5) is 21.0. The topological polar surface area (TPSA) is 33.2 Å². The lowest BCUT2D eigenvalue weighted by Crippen LogP contribution is -2.46. The van der Waals surface area contributed by atoms with Crippen LogP contribution < -0.4 is 4.90 Å². The molecule has 7 heteroatoms. The molecule has 1 aliphatic carbocycles. The van der Waals surface area contributed by atoms with Gasteiger partial charge >= 0.3 is 6.18 Å². The van der Waals surface area contributed by atoms with Gasteiger partial charge in [0.25, 0.3) is 0 Å². The summed E-state index contributed by atoms with van der Waals surface area (Å²) >= 11 is 1.20. The van der Waals surface area contributed by atoms with Gasteiger partial charge < -0.3 is 4.90 Å². The second kappa shape index (κ2) is 8.93. The van der Waals surface area contributed by atoms with Crippen LogP contribution in [0.15, 0.2) is 36.4 Å². The average molecular weight is 603 g/mol. The molecule has 0 saturated heterocycles. The third-order valence-electron chi connectivity index (χ3n) is 10.0. The number of fused-ring (bicyclic) bond motifs is 5. The first-order chi connectivity index (χ1) is 20.0. The Morgan fingerprint density at radius 3 is 2.30 bits per heavy atom. The molecular formula is C36H37F3N2OS. The van der Waals surface area contributed by atoms with Crippen LogP contribution in [0.1, 0.15) is 94.1 Å². The predicted molar refractivity (Wildman–Crippen MR) is 171 cm³/mol. The summed E-state index contributed by atoms with van der Waals surface area (Å²) in [6.07, 6.45) is -3.06. The number of allylic oxidation sites excluding steroid dienone is 2. The highest BCUT2D eigenvalue weighted by Crippen LogP contribution is 2.56. The number of anilines is 1. The van der Waals surface area contributed by atoms with E-state index in [1.807, 2.05) is 18.2 Å². The summed E-state index contributed by atoms with van der Waals surface area (Å²) in [6, 6.07) is 11.8. The molecule has 3 heterocycles. The molecule has 0 N–H and O–H groups in total. The fourth-order valence-corrected chi connectivity index (χ4v) is 8.62. The van der Waals surface area contributed by atoms with Crippen LogP contribution in [-0.2, 0) is 27.5 Å². The van der Waals surface area contributed by atoms with Crippen molar-refractivity contribution in [3.8, 4) is 0 Å². The number of nitrogens with zero attached hydrogens (tertiary/aromatic N) is 2. The number of halogens is 3. The van der Waals surface area contributed by atoms with Crippen LogP contribution in [0, 0.1) is 0 Å². The number of hydrogen-bond donors (Lipinski definition) is 0. The summed E-state index contributed by atoms with van der Waals surface area (Å²) in [7, 11) is 0. The fourth-order valence-electron chi connectivity index (χ4n) is 7.45. The van der Waals surface area contributed by atoms with Gasteiger partial charge in [0.15, 0.2) is 5.78 Å². The van der Waals surface area contributed by atoms with E-state index in [-0.39, 0.29) is 38.8 Å². The van der Waals surface area contributed by atoms with Crippen LogP contribution in [0.25, 0.3) is 32.1 Å². The second-order valence-electron chi connectivity index (χ2n) is 14.9. The zero-order chi connectivity index (χ0) is 30.9. The zero-order valence-electron chi connectivity index (χ0n) is 25.8. The van der Waals surface area contributed by atoms with Crippen LogP contribution in [-0.4, -0.2) is 30.0 Å². The molecule has 0 radical (unpaired) electrons. The molecule has 0 bridgehead atoms. The van der Waals surface area contributed by atoms with Gasteiger partial charge in [-0.1, -0.05) is 72.7 Å². The highest BCUT2D eigenvalue weighted by molar-refractivity contribution is 7.21. The summed E-state index contributed by atoms with van der Waals surface area (Å²) in [5.41, 5.74) is 3.70. The maximum atomic E-state index is 15.3. The molecule has 4 aromatic rings. The number of rotatable bonds is 1. The summed E-state index contributed by atoms with van der Waals surface area (Å²) in [6.45, 7) is 16.7. The van der Waals surface area contributed by atoms with E-state index >= 15 is 13.2 Å². The van der Waals surface area contributed by atoms with Crippen molar-refractivity contribution >= 4 is 54.9 Å². The van der Waals surface area contributed by atoms with Gasteiger partial charge in [-0.25, -0.2) is 4.98 Å². The van der Waals surface area contributed by atoms with Crippen molar-refractivity contribution in [1.29, 1.82) is 0 Å². The highest BCUT2D eigenvalue weighted by Gasteiger charge is 2.49. The first-order valence-electron chi connectivity index (χ1n) is 15.1. The van der Waals surface area contributed by atoms with Crippen LogP contribution in [0.4, 0.5) is 18.9 Å². The molecule has 0 saturated carbocycles. The molecule has 0 spiro atoms. The van der Waals surface area contributed by atoms with Gasteiger partial charge in [0, 0.05) is 30.6 Å². The number of Topliss-reactive ketones (excluding diaryl/α,β-unsaturated/α-hetero) is 1. The van der Waals surface area contributed by atoms with Crippen molar-refractivity contribution in [2.45, 2.75) is 90.1 Å². The number of carbonyl (C=O) groups is 1. The Labute approximate surface area is 254 Å². The molecule has 3 aliphatic rings. The number of alkyl halides is 3.